The molecule has 138 valence electrons. The Labute approximate surface area is 157 Å². The number of alkyl halides is 3. The summed E-state index contributed by atoms with van der Waals surface area (Å²) in [5.41, 5.74) is 0.260. The SMILES string of the molecule is O=C(NCCNc1ncc(C(F)(F)F)cc1Cl)[C@@H]1Cc2ccccc2S1. The van der Waals surface area contributed by atoms with Crippen molar-refractivity contribution >= 4 is 35.1 Å². The van der Waals surface area contributed by atoms with Gasteiger partial charge in [-0.05, 0) is 24.1 Å². The van der Waals surface area contributed by atoms with Crippen LogP contribution in [0.4, 0.5) is 19.0 Å². The van der Waals surface area contributed by atoms with Gasteiger partial charge in [-0.3, -0.25) is 4.79 Å². The van der Waals surface area contributed by atoms with Gasteiger partial charge >= 0.3 is 6.18 Å². The van der Waals surface area contributed by atoms with Crippen molar-refractivity contribution < 1.29 is 18.0 Å². The normalized spacial score (nSPS) is 16.2. The average Bonchev–Trinajstić information content (AvgIpc) is 3.03. The summed E-state index contributed by atoms with van der Waals surface area (Å²) in [6, 6.07) is 8.71. The molecule has 3 rings (SSSR count). The zero-order chi connectivity index (χ0) is 18.7. The van der Waals surface area contributed by atoms with E-state index in [4.69, 9.17) is 11.6 Å². The van der Waals surface area contributed by atoms with Crippen molar-refractivity contribution in [3.63, 3.8) is 0 Å². The first kappa shape index (κ1) is 18.8. The molecule has 2 aromatic rings. The predicted octanol–water partition coefficient (Wildman–Crippen LogP) is 4.00. The molecule has 0 radical (unpaired) electrons. The molecule has 1 aromatic carbocycles. The minimum atomic E-state index is -4.49. The number of hydrogen-bond donors (Lipinski definition) is 2. The lowest BCUT2D eigenvalue weighted by molar-refractivity contribution is -0.137. The van der Waals surface area contributed by atoms with E-state index in [1.807, 2.05) is 24.3 Å². The maximum absolute atomic E-state index is 12.6. The number of aromatic nitrogens is 1. The Hall–Kier alpha value is -1.93. The Morgan fingerprint density at radius 3 is 2.77 bits per heavy atom. The number of carbonyl (C=O) groups is 1. The molecule has 1 atom stereocenters. The van der Waals surface area contributed by atoms with Gasteiger partial charge in [0.1, 0.15) is 5.82 Å². The molecule has 0 saturated carbocycles. The third-order valence-electron chi connectivity index (χ3n) is 3.82. The first-order valence-corrected chi connectivity index (χ1v) is 9.09. The molecule has 1 amide bonds. The smallest absolute Gasteiger partial charge is 0.367 e. The predicted molar refractivity (Wildman–Crippen MR) is 95.5 cm³/mol. The number of amides is 1. The van der Waals surface area contributed by atoms with Gasteiger partial charge in [-0.15, -0.1) is 11.8 Å². The van der Waals surface area contributed by atoms with E-state index in [1.165, 1.54) is 11.8 Å². The third kappa shape index (κ3) is 4.42. The van der Waals surface area contributed by atoms with Crippen LogP contribution in [-0.2, 0) is 17.4 Å². The highest BCUT2D eigenvalue weighted by Crippen LogP contribution is 2.36. The molecule has 0 saturated heterocycles. The van der Waals surface area contributed by atoms with Crippen LogP contribution in [0.15, 0.2) is 41.4 Å². The number of pyridine rings is 1. The Kier molecular flexibility index (Phi) is 5.62. The van der Waals surface area contributed by atoms with Crippen molar-refractivity contribution in [1.82, 2.24) is 10.3 Å². The van der Waals surface area contributed by atoms with E-state index in [2.05, 4.69) is 15.6 Å². The monoisotopic (exact) mass is 401 g/mol. The van der Waals surface area contributed by atoms with Crippen LogP contribution >= 0.6 is 23.4 Å². The number of halogens is 4. The van der Waals surface area contributed by atoms with Crippen LogP contribution < -0.4 is 10.6 Å². The highest BCUT2D eigenvalue weighted by Gasteiger charge is 2.31. The molecule has 1 aliphatic rings. The summed E-state index contributed by atoms with van der Waals surface area (Å²) in [5.74, 6) is 0.0797. The van der Waals surface area contributed by atoms with E-state index in [0.717, 1.165) is 22.7 Å². The molecule has 0 unspecified atom stereocenters. The summed E-state index contributed by atoms with van der Waals surface area (Å²) in [6.45, 7) is 0.611. The second-order valence-corrected chi connectivity index (χ2v) is 7.34. The van der Waals surface area contributed by atoms with E-state index in [-0.39, 0.29) is 22.0 Å². The molecule has 9 heteroatoms. The number of nitrogens with one attached hydrogen (secondary N) is 2. The summed E-state index contributed by atoms with van der Waals surface area (Å²) in [5, 5.41) is 5.35. The molecule has 0 spiro atoms. The molecule has 0 fully saturated rings. The third-order valence-corrected chi connectivity index (χ3v) is 5.43. The summed E-state index contributed by atoms with van der Waals surface area (Å²) >= 11 is 7.35. The van der Waals surface area contributed by atoms with E-state index in [9.17, 15) is 18.0 Å². The van der Waals surface area contributed by atoms with Gasteiger partial charge < -0.3 is 10.6 Å². The fourth-order valence-corrected chi connectivity index (χ4v) is 3.98. The minimum absolute atomic E-state index is 0.0699. The van der Waals surface area contributed by atoms with E-state index in [0.29, 0.717) is 19.5 Å². The number of benzene rings is 1. The van der Waals surface area contributed by atoms with Gasteiger partial charge in [0, 0.05) is 24.2 Å². The quantitative estimate of drug-likeness (QED) is 0.744. The average molecular weight is 402 g/mol. The second-order valence-electron chi connectivity index (χ2n) is 5.69. The molecular weight excluding hydrogens is 387 g/mol. The van der Waals surface area contributed by atoms with Gasteiger partial charge in [0.05, 0.1) is 15.8 Å². The first-order valence-electron chi connectivity index (χ1n) is 7.83. The van der Waals surface area contributed by atoms with Crippen molar-refractivity contribution in [2.24, 2.45) is 0 Å². The number of fused-ring (bicyclic) bond motifs is 1. The molecular formula is C17H15ClF3N3OS. The van der Waals surface area contributed by atoms with Gasteiger partial charge in [-0.2, -0.15) is 13.2 Å². The number of rotatable bonds is 5. The summed E-state index contributed by atoms with van der Waals surface area (Å²) < 4.78 is 37.7. The number of anilines is 1. The number of thioether (sulfide) groups is 1. The molecule has 4 nitrogen and oxygen atoms in total. The molecule has 0 aliphatic carbocycles. The van der Waals surface area contributed by atoms with Crippen molar-refractivity contribution in [3.05, 3.63) is 52.7 Å². The maximum atomic E-state index is 12.6. The first-order chi connectivity index (χ1) is 12.3. The van der Waals surface area contributed by atoms with Gasteiger partial charge in [0.2, 0.25) is 5.91 Å². The minimum Gasteiger partial charge on any atom is -0.367 e. The lowest BCUT2D eigenvalue weighted by Gasteiger charge is -2.12. The number of carbonyl (C=O) groups excluding carboxylic acids is 1. The lowest BCUT2D eigenvalue weighted by atomic mass is 10.1. The van der Waals surface area contributed by atoms with Crippen molar-refractivity contribution in [3.8, 4) is 0 Å². The zero-order valence-corrected chi connectivity index (χ0v) is 15.0. The van der Waals surface area contributed by atoms with Gasteiger partial charge in [-0.25, -0.2) is 4.98 Å². The van der Waals surface area contributed by atoms with Gasteiger partial charge in [0.25, 0.3) is 0 Å². The van der Waals surface area contributed by atoms with E-state index in [1.54, 1.807) is 0 Å². The Balaban J connectivity index is 1.45. The standard InChI is InChI=1S/C17H15ClF3N3OS/c18-12-8-11(17(19,20)21)9-24-15(12)22-5-6-23-16(25)14-7-10-3-1-2-4-13(10)26-14/h1-4,8-9,14H,5-7H2,(H,22,24)(H,23,25)/t14-/m0/s1. The fourth-order valence-electron chi connectivity index (χ4n) is 2.53. The molecule has 1 aliphatic heterocycles. The van der Waals surface area contributed by atoms with Crippen molar-refractivity contribution in [2.75, 3.05) is 18.4 Å². The number of nitrogens with zero attached hydrogens (tertiary/aromatic N) is 1. The summed E-state index contributed by atoms with van der Waals surface area (Å²) in [7, 11) is 0. The second kappa shape index (κ2) is 7.75. The number of hydrogen-bond acceptors (Lipinski definition) is 4. The Bertz CT molecular complexity index is 791. The zero-order valence-electron chi connectivity index (χ0n) is 13.4. The topological polar surface area (TPSA) is 54.0 Å². The summed E-state index contributed by atoms with van der Waals surface area (Å²) in [6.07, 6.45) is -3.08. The van der Waals surface area contributed by atoms with Crippen molar-refractivity contribution in [1.29, 1.82) is 0 Å². The van der Waals surface area contributed by atoms with Crippen LogP contribution in [0, 0.1) is 0 Å². The molecule has 0 bridgehead atoms. The maximum Gasteiger partial charge on any atom is 0.417 e. The largest absolute Gasteiger partial charge is 0.417 e. The van der Waals surface area contributed by atoms with Crippen LogP contribution in [0.3, 0.4) is 0 Å². The molecule has 2 heterocycles. The van der Waals surface area contributed by atoms with Crippen LogP contribution in [0.2, 0.25) is 5.02 Å². The lowest BCUT2D eigenvalue weighted by Crippen LogP contribution is -2.35. The van der Waals surface area contributed by atoms with E-state index >= 15 is 0 Å². The van der Waals surface area contributed by atoms with Gasteiger partial charge in [-0.1, -0.05) is 29.8 Å². The van der Waals surface area contributed by atoms with Crippen molar-refractivity contribution in [2.45, 2.75) is 22.7 Å². The van der Waals surface area contributed by atoms with Crippen LogP contribution in [-0.4, -0.2) is 29.2 Å². The molecule has 2 N–H and O–H groups in total. The van der Waals surface area contributed by atoms with Crippen LogP contribution in [0.25, 0.3) is 0 Å². The Morgan fingerprint density at radius 2 is 2.08 bits per heavy atom. The summed E-state index contributed by atoms with van der Waals surface area (Å²) in [4.78, 5) is 17.0. The van der Waals surface area contributed by atoms with E-state index < -0.39 is 11.7 Å². The van der Waals surface area contributed by atoms with Crippen LogP contribution in [0.5, 0.6) is 0 Å². The fraction of sp³-hybridized carbons (Fsp3) is 0.294. The van der Waals surface area contributed by atoms with Crippen LogP contribution in [0.1, 0.15) is 11.1 Å². The van der Waals surface area contributed by atoms with Gasteiger partial charge in [0.15, 0.2) is 0 Å². The molecule has 26 heavy (non-hydrogen) atoms. The Morgan fingerprint density at radius 1 is 1.31 bits per heavy atom. The highest BCUT2D eigenvalue weighted by atomic mass is 35.5. The highest BCUT2D eigenvalue weighted by molar-refractivity contribution is 8.01. The molecule has 1 aromatic heterocycles.